The number of phenols is 1. The van der Waals surface area contributed by atoms with Gasteiger partial charge in [-0.2, -0.15) is 0 Å². The first-order valence-electron chi connectivity index (χ1n) is 10.8. The molecule has 36 heavy (non-hydrogen) atoms. The molecule has 0 unspecified atom stereocenters. The summed E-state index contributed by atoms with van der Waals surface area (Å²) in [6.45, 7) is -1.62. The second-order valence-electron chi connectivity index (χ2n) is 7.63. The number of carbonyl (C=O) groups excluding carboxylic acids is 4. The second kappa shape index (κ2) is 14.3. The maximum absolute atomic E-state index is 12.9. The summed E-state index contributed by atoms with van der Waals surface area (Å²) in [5.41, 5.74) is 3.05. The minimum Gasteiger partial charge on any atom is -0.508 e. The van der Waals surface area contributed by atoms with E-state index in [-0.39, 0.29) is 18.8 Å². The number of aromatic hydroxyl groups is 1. The van der Waals surface area contributed by atoms with Gasteiger partial charge in [0.2, 0.25) is 11.8 Å². The molecule has 2 aromatic rings. The molecule has 0 aliphatic rings. The molecule has 13 nitrogen and oxygen atoms in total. The number of ether oxygens (including phenoxy) is 1. The second-order valence-corrected chi connectivity index (χ2v) is 7.63. The number of nitrogens with one attached hydrogen (secondary N) is 4. The molecule has 3 atom stereocenters. The molecule has 0 spiro atoms. The van der Waals surface area contributed by atoms with Crippen LogP contribution in [0.5, 0.6) is 5.75 Å². The number of benzene rings is 2. The highest BCUT2D eigenvalue weighted by Gasteiger charge is 2.29. The number of hydrogen-bond acceptors (Lipinski definition) is 9. The number of hydrogen-bond donors (Lipinski definition) is 8. The fourth-order valence-electron chi connectivity index (χ4n) is 3.02. The number of nitrogens with two attached hydrogens (primary N) is 1. The first-order valence-corrected chi connectivity index (χ1v) is 10.8. The van der Waals surface area contributed by atoms with Crippen LogP contribution in [0.15, 0.2) is 54.6 Å². The number of aliphatic hydroxyl groups excluding tert-OH is 2. The monoisotopic (exact) mass is 503 g/mol. The largest absolute Gasteiger partial charge is 0.508 e. The number of rotatable bonds is 12. The first-order chi connectivity index (χ1) is 17.3. The van der Waals surface area contributed by atoms with Crippen molar-refractivity contribution in [2.45, 2.75) is 31.2 Å². The molecule has 2 aromatic carbocycles. The van der Waals surface area contributed by atoms with Gasteiger partial charge in [0, 0.05) is 6.42 Å². The summed E-state index contributed by atoms with van der Waals surface area (Å²) in [6.07, 6.45) is -1.05. The molecule has 0 heterocycles. The van der Waals surface area contributed by atoms with Crippen LogP contribution in [0.25, 0.3) is 0 Å². The van der Waals surface area contributed by atoms with Gasteiger partial charge in [-0.15, -0.1) is 0 Å². The van der Waals surface area contributed by atoms with Crippen molar-refractivity contribution < 1.29 is 39.2 Å². The van der Waals surface area contributed by atoms with Gasteiger partial charge in [0.05, 0.1) is 13.2 Å². The highest BCUT2D eigenvalue weighted by molar-refractivity contribution is 5.94. The van der Waals surface area contributed by atoms with E-state index >= 15 is 0 Å². The quantitative estimate of drug-likeness (QED) is 0.0928. The third-order valence-electron chi connectivity index (χ3n) is 4.97. The molecule has 0 bridgehead atoms. The van der Waals surface area contributed by atoms with Crippen molar-refractivity contribution in [1.29, 1.82) is 0 Å². The zero-order valence-corrected chi connectivity index (χ0v) is 19.2. The van der Waals surface area contributed by atoms with Crippen molar-refractivity contribution >= 4 is 23.8 Å². The average molecular weight is 504 g/mol. The van der Waals surface area contributed by atoms with E-state index in [1.807, 2.05) is 0 Å². The molecular weight excluding hydrogens is 474 g/mol. The van der Waals surface area contributed by atoms with E-state index in [0.717, 1.165) is 0 Å². The predicted octanol–water partition coefficient (Wildman–Crippen LogP) is -1.83. The Kier molecular flexibility index (Phi) is 11.1. The van der Waals surface area contributed by atoms with Crippen molar-refractivity contribution in [3.8, 4) is 5.75 Å². The SMILES string of the molecule is NNC(=O)[C@H](CO)NC(=O)[C@H](Cc1ccc(O)cc1)NC(=O)[C@H](CO)NC(=O)OCc1ccccc1. The van der Waals surface area contributed by atoms with E-state index in [4.69, 9.17) is 10.6 Å². The Morgan fingerprint density at radius 1 is 0.750 bits per heavy atom. The average Bonchev–Trinajstić information content (AvgIpc) is 2.89. The van der Waals surface area contributed by atoms with Crippen LogP contribution in [0.4, 0.5) is 4.79 Å². The van der Waals surface area contributed by atoms with Crippen LogP contribution in [0.2, 0.25) is 0 Å². The smallest absolute Gasteiger partial charge is 0.408 e. The van der Waals surface area contributed by atoms with Crippen LogP contribution in [0.1, 0.15) is 11.1 Å². The summed E-state index contributed by atoms with van der Waals surface area (Å²) in [5.74, 6) is 2.42. The minimum absolute atomic E-state index is 0.0118. The number of amides is 4. The number of carbonyl (C=O) groups is 4. The Labute approximate surface area is 206 Å². The van der Waals surface area contributed by atoms with Gasteiger partial charge in [-0.1, -0.05) is 42.5 Å². The van der Waals surface area contributed by atoms with Crippen molar-refractivity contribution in [3.05, 3.63) is 65.7 Å². The molecule has 4 amide bonds. The van der Waals surface area contributed by atoms with Crippen LogP contribution in [-0.4, -0.2) is 70.5 Å². The molecule has 0 saturated carbocycles. The number of aliphatic hydroxyl groups is 2. The zero-order valence-electron chi connectivity index (χ0n) is 19.2. The van der Waals surface area contributed by atoms with Gasteiger partial charge in [0.25, 0.3) is 5.91 Å². The van der Waals surface area contributed by atoms with E-state index in [1.54, 1.807) is 35.8 Å². The standard InChI is InChI=1S/C23H29N5O8/c24-28-22(34)19(12-30)26-20(32)17(10-14-6-8-16(31)9-7-14)25-21(33)18(11-29)27-23(35)36-13-15-4-2-1-3-5-15/h1-9,17-19,29-31H,10-13,24H2,(H,25,33)(H,26,32)(H,27,35)(H,28,34)/t17-,18-,19-/m0/s1. The highest BCUT2D eigenvalue weighted by Crippen LogP contribution is 2.12. The van der Waals surface area contributed by atoms with Gasteiger partial charge in [0.1, 0.15) is 30.5 Å². The molecule has 0 fully saturated rings. The van der Waals surface area contributed by atoms with E-state index in [1.165, 1.54) is 24.3 Å². The van der Waals surface area contributed by atoms with Gasteiger partial charge in [-0.3, -0.25) is 19.8 Å². The molecule has 0 aromatic heterocycles. The predicted molar refractivity (Wildman–Crippen MR) is 126 cm³/mol. The van der Waals surface area contributed by atoms with E-state index < -0.39 is 55.2 Å². The van der Waals surface area contributed by atoms with E-state index in [0.29, 0.717) is 11.1 Å². The maximum Gasteiger partial charge on any atom is 0.408 e. The maximum atomic E-state index is 12.9. The van der Waals surface area contributed by atoms with E-state index in [2.05, 4.69) is 16.0 Å². The van der Waals surface area contributed by atoms with Crippen molar-refractivity contribution in [1.82, 2.24) is 21.4 Å². The molecule has 0 saturated heterocycles. The van der Waals surface area contributed by atoms with E-state index in [9.17, 15) is 34.5 Å². The zero-order chi connectivity index (χ0) is 26.5. The highest BCUT2D eigenvalue weighted by atomic mass is 16.5. The minimum atomic E-state index is -1.45. The molecule has 0 radical (unpaired) electrons. The molecule has 0 aliphatic carbocycles. The van der Waals surface area contributed by atoms with Gasteiger partial charge in [0.15, 0.2) is 0 Å². The summed E-state index contributed by atoms with van der Waals surface area (Å²) in [7, 11) is 0. The fraction of sp³-hybridized carbons (Fsp3) is 0.304. The fourth-order valence-corrected chi connectivity index (χ4v) is 3.02. The lowest BCUT2D eigenvalue weighted by atomic mass is 10.0. The molecule has 2 rings (SSSR count). The number of alkyl carbamates (subject to hydrolysis) is 1. The third-order valence-corrected chi connectivity index (χ3v) is 4.97. The molecule has 13 heteroatoms. The normalized spacial score (nSPS) is 13.0. The summed E-state index contributed by atoms with van der Waals surface area (Å²) in [4.78, 5) is 49.5. The van der Waals surface area contributed by atoms with Crippen LogP contribution in [0.3, 0.4) is 0 Å². The molecule has 0 aliphatic heterocycles. The van der Waals surface area contributed by atoms with Crippen LogP contribution >= 0.6 is 0 Å². The van der Waals surface area contributed by atoms with Crippen LogP contribution in [0, 0.1) is 0 Å². The van der Waals surface area contributed by atoms with Gasteiger partial charge in [-0.05, 0) is 23.3 Å². The third kappa shape index (κ3) is 8.87. The first kappa shape index (κ1) is 28.0. The molecule has 194 valence electrons. The molecule has 9 N–H and O–H groups in total. The van der Waals surface area contributed by atoms with Gasteiger partial charge >= 0.3 is 6.09 Å². The number of phenolic OH excluding ortho intramolecular Hbond substituents is 1. The van der Waals surface area contributed by atoms with Gasteiger partial charge in [-0.25, -0.2) is 10.6 Å². The Morgan fingerprint density at radius 3 is 1.89 bits per heavy atom. The summed E-state index contributed by atoms with van der Waals surface area (Å²) < 4.78 is 5.05. The lowest BCUT2D eigenvalue weighted by molar-refractivity contribution is -0.133. The van der Waals surface area contributed by atoms with Crippen molar-refractivity contribution in [2.24, 2.45) is 5.84 Å². The van der Waals surface area contributed by atoms with Crippen molar-refractivity contribution in [2.75, 3.05) is 13.2 Å². The Hall–Kier alpha value is -4.20. The Morgan fingerprint density at radius 2 is 1.31 bits per heavy atom. The summed E-state index contributed by atoms with van der Waals surface area (Å²) in [6, 6.07) is 10.4. The number of hydrazine groups is 1. The molecular formula is C23H29N5O8. The van der Waals surface area contributed by atoms with Crippen LogP contribution in [-0.2, 0) is 32.1 Å². The summed E-state index contributed by atoms with van der Waals surface area (Å²) in [5, 5.41) is 35.4. The lowest BCUT2D eigenvalue weighted by Crippen LogP contribution is -2.59. The van der Waals surface area contributed by atoms with Crippen LogP contribution < -0.4 is 27.2 Å². The topological polar surface area (TPSA) is 212 Å². The van der Waals surface area contributed by atoms with Crippen molar-refractivity contribution in [3.63, 3.8) is 0 Å². The summed E-state index contributed by atoms with van der Waals surface area (Å²) >= 11 is 0. The lowest BCUT2D eigenvalue weighted by Gasteiger charge is -2.24. The Balaban J connectivity index is 2.08. The van der Waals surface area contributed by atoms with Gasteiger partial charge < -0.3 is 36.0 Å². The Bertz CT molecular complexity index is 1020.